The summed E-state index contributed by atoms with van der Waals surface area (Å²) in [5.41, 5.74) is 2.90. The first-order chi connectivity index (χ1) is 12.8. The standard InChI is InChI=1S/C20H20ClN3O3/c1-12-3-8-17(10-18(12)21)24-11-14(9-19(24)26)20(27)23-16-6-4-15(5-7-16)22-13(2)25/h3-8,10,14H,9,11H2,1-2H3,(H,22,25)(H,23,27). The molecule has 0 radical (unpaired) electrons. The minimum Gasteiger partial charge on any atom is -0.326 e. The normalized spacial score (nSPS) is 16.3. The molecule has 1 atom stereocenters. The molecule has 2 aromatic carbocycles. The number of anilines is 3. The second-order valence-corrected chi connectivity index (χ2v) is 6.99. The topological polar surface area (TPSA) is 78.5 Å². The predicted molar refractivity (Wildman–Crippen MR) is 106 cm³/mol. The summed E-state index contributed by atoms with van der Waals surface area (Å²) in [4.78, 5) is 37.5. The largest absolute Gasteiger partial charge is 0.326 e. The zero-order chi connectivity index (χ0) is 19.6. The number of aryl methyl sites for hydroxylation is 1. The Balaban J connectivity index is 1.65. The molecule has 3 rings (SSSR count). The van der Waals surface area contributed by atoms with Gasteiger partial charge in [-0.25, -0.2) is 0 Å². The summed E-state index contributed by atoms with van der Waals surface area (Å²) in [6, 6.07) is 12.3. The first-order valence-electron chi connectivity index (χ1n) is 8.58. The number of carbonyl (C=O) groups excluding carboxylic acids is 3. The van der Waals surface area contributed by atoms with E-state index in [4.69, 9.17) is 11.6 Å². The zero-order valence-corrected chi connectivity index (χ0v) is 15.8. The molecule has 1 fully saturated rings. The Labute approximate surface area is 162 Å². The van der Waals surface area contributed by atoms with Gasteiger partial charge in [0.15, 0.2) is 0 Å². The molecule has 1 saturated heterocycles. The molecule has 1 heterocycles. The van der Waals surface area contributed by atoms with Gasteiger partial charge < -0.3 is 15.5 Å². The van der Waals surface area contributed by atoms with E-state index in [2.05, 4.69) is 10.6 Å². The SMILES string of the molecule is CC(=O)Nc1ccc(NC(=O)C2CC(=O)N(c3ccc(C)c(Cl)c3)C2)cc1. The van der Waals surface area contributed by atoms with Gasteiger partial charge in [-0.15, -0.1) is 0 Å². The fraction of sp³-hybridized carbons (Fsp3) is 0.250. The first-order valence-corrected chi connectivity index (χ1v) is 8.96. The van der Waals surface area contributed by atoms with Crippen molar-refractivity contribution in [3.05, 3.63) is 53.1 Å². The van der Waals surface area contributed by atoms with Gasteiger partial charge in [0.05, 0.1) is 5.92 Å². The highest BCUT2D eigenvalue weighted by Crippen LogP contribution is 2.29. The second-order valence-electron chi connectivity index (χ2n) is 6.59. The third-order valence-electron chi connectivity index (χ3n) is 4.44. The Kier molecular flexibility index (Phi) is 5.46. The van der Waals surface area contributed by atoms with Crippen molar-refractivity contribution < 1.29 is 14.4 Å². The van der Waals surface area contributed by atoms with E-state index in [1.54, 1.807) is 35.2 Å². The molecule has 1 aliphatic heterocycles. The summed E-state index contributed by atoms with van der Waals surface area (Å²) in [7, 11) is 0. The van der Waals surface area contributed by atoms with E-state index in [0.29, 0.717) is 28.6 Å². The van der Waals surface area contributed by atoms with Crippen LogP contribution in [0.5, 0.6) is 0 Å². The number of carbonyl (C=O) groups is 3. The Morgan fingerprint density at radius 2 is 1.70 bits per heavy atom. The maximum Gasteiger partial charge on any atom is 0.229 e. The average Bonchev–Trinajstić information content (AvgIpc) is 3.00. The second kappa shape index (κ2) is 7.80. The molecule has 1 aliphatic rings. The van der Waals surface area contributed by atoms with Crippen LogP contribution in [-0.2, 0) is 14.4 Å². The van der Waals surface area contributed by atoms with Crippen molar-refractivity contribution in [3.63, 3.8) is 0 Å². The third kappa shape index (κ3) is 4.46. The number of nitrogens with zero attached hydrogens (tertiary/aromatic N) is 1. The molecule has 6 nitrogen and oxygen atoms in total. The maximum absolute atomic E-state index is 12.5. The zero-order valence-electron chi connectivity index (χ0n) is 15.1. The molecule has 1 unspecified atom stereocenters. The molecule has 2 aromatic rings. The molecule has 0 spiro atoms. The molecule has 140 valence electrons. The van der Waals surface area contributed by atoms with Gasteiger partial charge in [-0.2, -0.15) is 0 Å². The van der Waals surface area contributed by atoms with Crippen LogP contribution >= 0.6 is 11.6 Å². The van der Waals surface area contributed by atoms with Gasteiger partial charge in [-0.1, -0.05) is 17.7 Å². The van der Waals surface area contributed by atoms with Gasteiger partial charge in [0.25, 0.3) is 0 Å². The fourth-order valence-electron chi connectivity index (χ4n) is 2.97. The van der Waals surface area contributed by atoms with E-state index < -0.39 is 5.92 Å². The number of amides is 3. The van der Waals surface area contributed by atoms with Crippen molar-refractivity contribution in [2.24, 2.45) is 5.92 Å². The minimum atomic E-state index is -0.437. The smallest absolute Gasteiger partial charge is 0.229 e. The van der Waals surface area contributed by atoms with Crippen LogP contribution in [0.25, 0.3) is 0 Å². The van der Waals surface area contributed by atoms with Crippen LogP contribution in [-0.4, -0.2) is 24.3 Å². The molecule has 27 heavy (non-hydrogen) atoms. The van der Waals surface area contributed by atoms with Gasteiger partial charge in [0.2, 0.25) is 17.7 Å². The number of nitrogens with one attached hydrogen (secondary N) is 2. The van der Waals surface area contributed by atoms with Crippen molar-refractivity contribution in [1.82, 2.24) is 0 Å². The number of benzene rings is 2. The molecular formula is C20H20ClN3O3. The van der Waals surface area contributed by atoms with Crippen LogP contribution in [0, 0.1) is 12.8 Å². The van der Waals surface area contributed by atoms with E-state index in [0.717, 1.165) is 5.56 Å². The maximum atomic E-state index is 12.5. The first kappa shape index (κ1) is 18.9. The lowest BCUT2D eigenvalue weighted by Gasteiger charge is -2.17. The van der Waals surface area contributed by atoms with Crippen molar-refractivity contribution in [3.8, 4) is 0 Å². The van der Waals surface area contributed by atoms with E-state index in [9.17, 15) is 14.4 Å². The van der Waals surface area contributed by atoms with Crippen LogP contribution in [0.1, 0.15) is 18.9 Å². The highest BCUT2D eigenvalue weighted by molar-refractivity contribution is 6.31. The van der Waals surface area contributed by atoms with Gasteiger partial charge in [-0.3, -0.25) is 14.4 Å². The Bertz CT molecular complexity index is 896. The van der Waals surface area contributed by atoms with Gasteiger partial charge >= 0.3 is 0 Å². The summed E-state index contributed by atoms with van der Waals surface area (Å²) in [6.45, 7) is 3.64. The van der Waals surface area contributed by atoms with Crippen LogP contribution in [0.3, 0.4) is 0 Å². The van der Waals surface area contributed by atoms with Crippen LogP contribution < -0.4 is 15.5 Å². The summed E-state index contributed by atoms with van der Waals surface area (Å²) in [5.74, 6) is -0.910. The lowest BCUT2D eigenvalue weighted by molar-refractivity contribution is -0.122. The number of halogens is 1. The molecular weight excluding hydrogens is 366 g/mol. The van der Waals surface area contributed by atoms with Gasteiger partial charge in [0, 0.05) is 42.0 Å². The highest BCUT2D eigenvalue weighted by atomic mass is 35.5. The summed E-state index contributed by atoms with van der Waals surface area (Å²) < 4.78 is 0. The summed E-state index contributed by atoms with van der Waals surface area (Å²) in [6.07, 6.45) is 0.154. The number of hydrogen-bond acceptors (Lipinski definition) is 3. The average molecular weight is 386 g/mol. The van der Waals surface area contributed by atoms with Crippen molar-refractivity contribution in [1.29, 1.82) is 0 Å². The predicted octanol–water partition coefficient (Wildman–Crippen LogP) is 3.60. The number of hydrogen-bond donors (Lipinski definition) is 2. The Morgan fingerprint density at radius 3 is 2.30 bits per heavy atom. The molecule has 7 heteroatoms. The van der Waals surface area contributed by atoms with Crippen molar-refractivity contribution in [2.45, 2.75) is 20.3 Å². The molecule has 3 amide bonds. The summed E-state index contributed by atoms with van der Waals surface area (Å²) >= 11 is 6.15. The lowest BCUT2D eigenvalue weighted by atomic mass is 10.1. The fourth-order valence-corrected chi connectivity index (χ4v) is 3.14. The van der Waals surface area contributed by atoms with Gasteiger partial charge in [-0.05, 0) is 48.9 Å². The van der Waals surface area contributed by atoms with Crippen molar-refractivity contribution in [2.75, 3.05) is 22.1 Å². The monoisotopic (exact) mass is 385 g/mol. The van der Waals surface area contributed by atoms with E-state index in [1.165, 1.54) is 6.92 Å². The quantitative estimate of drug-likeness (QED) is 0.844. The highest BCUT2D eigenvalue weighted by Gasteiger charge is 2.35. The van der Waals surface area contributed by atoms with Crippen molar-refractivity contribution >= 4 is 46.4 Å². The van der Waals surface area contributed by atoms with Crippen LogP contribution in [0.2, 0.25) is 5.02 Å². The van der Waals surface area contributed by atoms with E-state index in [-0.39, 0.29) is 24.1 Å². The van der Waals surface area contributed by atoms with E-state index in [1.807, 2.05) is 19.1 Å². The minimum absolute atomic E-state index is 0.101. The summed E-state index contributed by atoms with van der Waals surface area (Å²) in [5, 5.41) is 6.08. The number of rotatable bonds is 4. The molecule has 0 bridgehead atoms. The van der Waals surface area contributed by atoms with E-state index >= 15 is 0 Å². The lowest BCUT2D eigenvalue weighted by Crippen LogP contribution is -2.28. The molecule has 2 N–H and O–H groups in total. The molecule has 0 saturated carbocycles. The van der Waals surface area contributed by atoms with Crippen LogP contribution in [0.4, 0.5) is 17.1 Å². The third-order valence-corrected chi connectivity index (χ3v) is 4.84. The Hall–Kier alpha value is -2.86. The Morgan fingerprint density at radius 1 is 1.07 bits per heavy atom. The molecule has 0 aliphatic carbocycles. The van der Waals surface area contributed by atoms with Gasteiger partial charge in [0.1, 0.15) is 0 Å². The van der Waals surface area contributed by atoms with Crippen LogP contribution in [0.15, 0.2) is 42.5 Å². The molecule has 0 aromatic heterocycles.